The average Bonchev–Trinajstić information content (AvgIpc) is 2.93. The van der Waals surface area contributed by atoms with E-state index in [4.69, 9.17) is 18.9 Å². The van der Waals surface area contributed by atoms with E-state index in [0.717, 1.165) is 4.90 Å². The van der Waals surface area contributed by atoms with Crippen LogP contribution in [0, 0.1) is 10.8 Å². The first-order chi connectivity index (χ1) is 21.5. The molecule has 15 heteroatoms. The van der Waals surface area contributed by atoms with E-state index < -0.39 is 58.6 Å². The van der Waals surface area contributed by atoms with Gasteiger partial charge in [-0.3, -0.25) is 28.8 Å². The Kier molecular flexibility index (Phi) is 19.3. The number of carboxylic acids is 2. The van der Waals surface area contributed by atoms with Crippen molar-refractivity contribution in [1.82, 2.24) is 15.5 Å². The molecule has 1 amide bonds. The van der Waals surface area contributed by atoms with Gasteiger partial charge in [0.25, 0.3) is 0 Å². The van der Waals surface area contributed by atoms with Crippen molar-refractivity contribution in [2.24, 2.45) is 10.8 Å². The second-order valence-corrected chi connectivity index (χ2v) is 13.8. The van der Waals surface area contributed by atoms with Crippen LogP contribution in [-0.4, -0.2) is 140 Å². The van der Waals surface area contributed by atoms with Gasteiger partial charge in [-0.15, -0.1) is 0 Å². The lowest BCUT2D eigenvalue weighted by molar-refractivity contribution is -0.155. The fraction of sp³-hybridized carbons (Fsp3) is 0.812. The summed E-state index contributed by atoms with van der Waals surface area (Å²) in [5.74, 6) is -3.63. The van der Waals surface area contributed by atoms with Crippen molar-refractivity contribution in [3.05, 3.63) is 0 Å². The molecule has 0 fully saturated rings. The first kappa shape index (κ1) is 44.2. The summed E-state index contributed by atoms with van der Waals surface area (Å²) in [4.78, 5) is 73.8. The summed E-state index contributed by atoms with van der Waals surface area (Å²) >= 11 is 0. The summed E-state index contributed by atoms with van der Waals surface area (Å²) in [7, 11) is 0. The van der Waals surface area contributed by atoms with Gasteiger partial charge in [-0.05, 0) is 54.9 Å². The molecule has 0 unspecified atom stereocenters. The number of carbonyl (C=O) groups excluding carboxylic acids is 4. The summed E-state index contributed by atoms with van der Waals surface area (Å²) in [6.07, 6.45) is -0.0542. The standard InChI is InChI=1S/C32H57N3O12/c1-23(36)20-46-16-14-44-13-11-34-32(8,9)25(38)21-47-17-15-45-12-10-33-31(6,7)24(37)18-35(19-26(39)40)27(41)29(2,3)22-30(4,5)28(42)43/h33-34H,10-22H2,1-9H3,(H,39,40)(H,42,43). The number of Topliss-reactive ketones (excluding diaryl/α,β-unsaturated/α-hetero) is 3. The van der Waals surface area contributed by atoms with Crippen molar-refractivity contribution in [3.63, 3.8) is 0 Å². The van der Waals surface area contributed by atoms with Crippen LogP contribution in [0.4, 0.5) is 0 Å². The van der Waals surface area contributed by atoms with Gasteiger partial charge in [-0.25, -0.2) is 0 Å². The average molecular weight is 676 g/mol. The maximum atomic E-state index is 13.3. The number of amides is 1. The molecule has 0 aliphatic heterocycles. The Hall–Kier alpha value is -2.82. The van der Waals surface area contributed by atoms with E-state index in [1.165, 1.54) is 34.6 Å². The van der Waals surface area contributed by atoms with Gasteiger partial charge in [-0.1, -0.05) is 13.8 Å². The lowest BCUT2D eigenvalue weighted by Crippen LogP contribution is -2.55. The van der Waals surface area contributed by atoms with E-state index in [1.54, 1.807) is 27.7 Å². The minimum absolute atomic E-state index is 0.0512. The number of hydrogen-bond donors (Lipinski definition) is 4. The van der Waals surface area contributed by atoms with E-state index in [0.29, 0.717) is 26.4 Å². The van der Waals surface area contributed by atoms with E-state index in [-0.39, 0.29) is 57.6 Å². The zero-order valence-electron chi connectivity index (χ0n) is 29.6. The summed E-state index contributed by atoms with van der Waals surface area (Å²) < 4.78 is 21.5. The van der Waals surface area contributed by atoms with E-state index >= 15 is 0 Å². The topological polar surface area (TPSA) is 207 Å². The normalized spacial score (nSPS) is 12.5. The molecule has 0 aromatic rings. The van der Waals surface area contributed by atoms with Gasteiger partial charge in [0.1, 0.15) is 19.8 Å². The molecular formula is C32H57N3O12. The fourth-order valence-electron chi connectivity index (χ4n) is 4.49. The van der Waals surface area contributed by atoms with Crippen molar-refractivity contribution < 1.29 is 57.9 Å². The molecule has 0 aromatic carbocycles. The molecule has 0 radical (unpaired) electrons. The summed E-state index contributed by atoms with van der Waals surface area (Å²) in [6.45, 7) is 15.3. The third-order valence-electron chi connectivity index (χ3n) is 7.29. The largest absolute Gasteiger partial charge is 0.481 e. The molecule has 15 nitrogen and oxygen atoms in total. The van der Waals surface area contributed by atoms with Crippen LogP contribution in [0.5, 0.6) is 0 Å². The van der Waals surface area contributed by atoms with Crippen LogP contribution < -0.4 is 10.6 Å². The quantitative estimate of drug-likeness (QED) is 0.0853. The second kappa shape index (κ2) is 20.5. The number of nitrogens with one attached hydrogen (secondary N) is 2. The van der Waals surface area contributed by atoms with Gasteiger partial charge in [0, 0.05) is 18.5 Å². The number of hydrogen-bond acceptors (Lipinski definition) is 12. The molecule has 0 aliphatic carbocycles. The molecule has 0 heterocycles. The van der Waals surface area contributed by atoms with Crippen LogP contribution in [-0.2, 0) is 47.7 Å². The van der Waals surface area contributed by atoms with Gasteiger partial charge in [0.2, 0.25) is 5.91 Å². The van der Waals surface area contributed by atoms with Crippen LogP contribution >= 0.6 is 0 Å². The smallest absolute Gasteiger partial charge is 0.323 e. The van der Waals surface area contributed by atoms with Gasteiger partial charge in [0.15, 0.2) is 17.3 Å². The van der Waals surface area contributed by atoms with Crippen LogP contribution in [0.1, 0.15) is 68.7 Å². The van der Waals surface area contributed by atoms with Crippen LogP contribution in [0.2, 0.25) is 0 Å². The Bertz CT molecular complexity index is 1060. The number of rotatable bonds is 28. The highest BCUT2D eigenvalue weighted by Gasteiger charge is 2.42. The van der Waals surface area contributed by atoms with E-state index in [1.807, 2.05) is 0 Å². The highest BCUT2D eigenvalue weighted by atomic mass is 16.5. The van der Waals surface area contributed by atoms with Crippen molar-refractivity contribution in [2.45, 2.75) is 79.8 Å². The molecule has 0 spiro atoms. The van der Waals surface area contributed by atoms with E-state index in [9.17, 15) is 39.0 Å². The molecule has 0 aliphatic rings. The molecule has 47 heavy (non-hydrogen) atoms. The zero-order chi connectivity index (χ0) is 36.5. The molecule has 4 N–H and O–H groups in total. The minimum atomic E-state index is -1.29. The van der Waals surface area contributed by atoms with Gasteiger partial charge in [-0.2, -0.15) is 0 Å². The first-order valence-electron chi connectivity index (χ1n) is 15.7. The molecule has 272 valence electrons. The molecule has 0 saturated carbocycles. The van der Waals surface area contributed by atoms with Crippen LogP contribution in [0.3, 0.4) is 0 Å². The lowest BCUT2D eigenvalue weighted by atomic mass is 9.74. The monoisotopic (exact) mass is 675 g/mol. The number of aliphatic carboxylic acids is 2. The van der Waals surface area contributed by atoms with E-state index in [2.05, 4.69) is 10.6 Å². The molecule has 0 aromatic heterocycles. The number of ketones is 3. The third-order valence-corrected chi connectivity index (χ3v) is 7.29. The first-order valence-corrected chi connectivity index (χ1v) is 15.7. The zero-order valence-corrected chi connectivity index (χ0v) is 29.6. The van der Waals surface area contributed by atoms with Gasteiger partial charge in [0.05, 0.1) is 62.7 Å². The Morgan fingerprint density at radius 2 is 1.04 bits per heavy atom. The molecule has 0 rings (SSSR count). The Morgan fingerprint density at radius 1 is 0.596 bits per heavy atom. The fourth-order valence-corrected chi connectivity index (χ4v) is 4.49. The Labute approximate surface area is 278 Å². The highest BCUT2D eigenvalue weighted by molar-refractivity contribution is 5.95. The predicted octanol–water partition coefficient (Wildman–Crippen LogP) is 0.957. The lowest BCUT2D eigenvalue weighted by Gasteiger charge is -2.36. The van der Waals surface area contributed by atoms with Crippen molar-refractivity contribution in [1.29, 1.82) is 0 Å². The van der Waals surface area contributed by atoms with Gasteiger partial charge >= 0.3 is 11.9 Å². The van der Waals surface area contributed by atoms with Crippen molar-refractivity contribution in [2.75, 3.05) is 79.0 Å². The van der Waals surface area contributed by atoms with Crippen molar-refractivity contribution >= 4 is 35.2 Å². The summed E-state index contributed by atoms with van der Waals surface area (Å²) in [5, 5.41) is 25.0. The van der Waals surface area contributed by atoms with Gasteiger partial charge < -0.3 is 44.7 Å². The minimum Gasteiger partial charge on any atom is -0.481 e. The van der Waals surface area contributed by atoms with Crippen molar-refractivity contribution in [3.8, 4) is 0 Å². The van der Waals surface area contributed by atoms with Crippen LogP contribution in [0.15, 0.2) is 0 Å². The Morgan fingerprint density at radius 3 is 1.49 bits per heavy atom. The molecule has 0 atom stereocenters. The number of nitrogens with zero attached hydrogens (tertiary/aromatic N) is 1. The predicted molar refractivity (Wildman–Crippen MR) is 172 cm³/mol. The number of ether oxygens (including phenoxy) is 4. The molecule has 0 bridgehead atoms. The summed E-state index contributed by atoms with van der Waals surface area (Å²) in [5.41, 5.74) is -4.42. The molecule has 0 saturated heterocycles. The number of carbonyl (C=O) groups is 6. The Balaban J connectivity index is 4.53. The molecular weight excluding hydrogens is 618 g/mol. The van der Waals surface area contributed by atoms with Crippen LogP contribution in [0.25, 0.3) is 0 Å². The summed E-state index contributed by atoms with van der Waals surface area (Å²) in [6, 6.07) is 0. The maximum absolute atomic E-state index is 13.3. The maximum Gasteiger partial charge on any atom is 0.323 e. The number of carboxylic acid groups (broad SMARTS) is 2. The highest BCUT2D eigenvalue weighted by Crippen LogP contribution is 2.35. The third kappa shape index (κ3) is 18.3. The SMILES string of the molecule is CC(=O)COCCOCCNC(C)(C)C(=O)COCCOCCNC(C)(C)C(=O)CN(CC(=O)O)C(=O)C(C)(C)CC(C)(C)C(=O)O. The second-order valence-electron chi connectivity index (χ2n) is 13.8.